The molecule has 0 unspecified atom stereocenters. The molecule has 0 saturated heterocycles. The molecule has 0 atom stereocenters. The molecule has 1 N–H and O–H groups in total. The van der Waals surface area contributed by atoms with Crippen molar-refractivity contribution in [2.24, 2.45) is 5.10 Å². The Balaban J connectivity index is 1.57. The first-order chi connectivity index (χ1) is 13.0. The second kappa shape index (κ2) is 9.14. The van der Waals surface area contributed by atoms with E-state index in [1.165, 1.54) is 0 Å². The summed E-state index contributed by atoms with van der Waals surface area (Å²) in [6.45, 7) is 2.26. The molecule has 0 radical (unpaired) electrons. The second-order valence-corrected chi connectivity index (χ2v) is 7.11. The van der Waals surface area contributed by atoms with Gasteiger partial charge in [-0.05, 0) is 66.6 Å². The predicted octanol–water partition coefficient (Wildman–Crippen LogP) is 6.98. The lowest BCUT2D eigenvalue weighted by atomic mass is 10.2. The van der Waals surface area contributed by atoms with Gasteiger partial charge in [0.15, 0.2) is 0 Å². The molecule has 27 heavy (non-hydrogen) atoms. The molecule has 0 aliphatic heterocycles. The normalized spacial score (nSPS) is 11.0. The zero-order valence-corrected chi connectivity index (χ0v) is 16.8. The molecule has 0 aromatic heterocycles. The number of nitrogens with one attached hydrogen (secondary N) is 1. The monoisotopic (exact) mass is 418 g/mol. The van der Waals surface area contributed by atoms with Gasteiger partial charge in [0.05, 0.1) is 11.9 Å². The molecule has 6 heteroatoms. The molecule has 0 spiro atoms. The van der Waals surface area contributed by atoms with Crippen LogP contribution in [0.2, 0.25) is 15.1 Å². The number of nitrogens with zero attached hydrogens (tertiary/aromatic N) is 1. The Labute approximate surface area is 173 Å². The highest BCUT2D eigenvalue weighted by molar-refractivity contribution is 6.36. The summed E-state index contributed by atoms with van der Waals surface area (Å²) < 4.78 is 5.76. The fourth-order valence-corrected chi connectivity index (χ4v) is 3.01. The summed E-state index contributed by atoms with van der Waals surface area (Å²) in [7, 11) is 0. The Morgan fingerprint density at radius 3 is 2.30 bits per heavy atom. The minimum absolute atomic E-state index is 0.307. The first-order valence-electron chi connectivity index (χ1n) is 8.24. The standard InChI is InChI=1S/C21H17Cl3N2O/c1-14-5-8-16(11-21(14)24)26-25-12-15-6-9-17(10-7-15)27-13-18-19(22)3-2-4-20(18)23/h2-12,26H,13H2,1H3. The molecule has 138 valence electrons. The number of hydrogen-bond acceptors (Lipinski definition) is 3. The van der Waals surface area contributed by atoms with Crippen molar-refractivity contribution >= 4 is 46.7 Å². The largest absolute Gasteiger partial charge is 0.489 e. The van der Waals surface area contributed by atoms with Crippen molar-refractivity contribution in [3.63, 3.8) is 0 Å². The maximum atomic E-state index is 6.15. The number of anilines is 1. The molecule has 3 aromatic carbocycles. The maximum absolute atomic E-state index is 6.15. The SMILES string of the molecule is Cc1ccc(NN=Cc2ccc(OCc3c(Cl)cccc3Cl)cc2)cc1Cl. The van der Waals surface area contributed by atoms with Crippen molar-refractivity contribution in [3.05, 3.63) is 92.4 Å². The highest BCUT2D eigenvalue weighted by atomic mass is 35.5. The number of aryl methyl sites for hydroxylation is 1. The average Bonchev–Trinajstić information content (AvgIpc) is 2.65. The molecule has 3 nitrogen and oxygen atoms in total. The van der Waals surface area contributed by atoms with Crippen molar-refractivity contribution in [3.8, 4) is 5.75 Å². The minimum Gasteiger partial charge on any atom is -0.489 e. The van der Waals surface area contributed by atoms with Crippen molar-refractivity contribution in [2.75, 3.05) is 5.43 Å². The highest BCUT2D eigenvalue weighted by Gasteiger charge is 2.06. The van der Waals surface area contributed by atoms with Crippen LogP contribution in [0.15, 0.2) is 65.8 Å². The van der Waals surface area contributed by atoms with Crippen molar-refractivity contribution in [2.45, 2.75) is 13.5 Å². The van der Waals surface area contributed by atoms with E-state index in [4.69, 9.17) is 39.5 Å². The summed E-state index contributed by atoms with van der Waals surface area (Å²) in [6, 6.07) is 18.7. The maximum Gasteiger partial charge on any atom is 0.119 e. The molecule has 0 bridgehead atoms. The lowest BCUT2D eigenvalue weighted by Crippen LogP contribution is -1.97. The smallest absolute Gasteiger partial charge is 0.119 e. The number of hydrogen-bond donors (Lipinski definition) is 1. The zero-order chi connectivity index (χ0) is 19.2. The molecule has 3 rings (SSSR count). The summed E-state index contributed by atoms with van der Waals surface area (Å²) in [5, 5.41) is 6.11. The van der Waals surface area contributed by atoms with Crippen LogP contribution >= 0.6 is 34.8 Å². The van der Waals surface area contributed by atoms with Gasteiger partial charge in [-0.1, -0.05) is 46.9 Å². The molecule has 0 fully saturated rings. The third-order valence-corrected chi connectivity index (χ3v) is 5.02. The van der Waals surface area contributed by atoms with Crippen LogP contribution in [0.4, 0.5) is 5.69 Å². The van der Waals surface area contributed by atoms with Crippen LogP contribution in [-0.4, -0.2) is 6.21 Å². The molecule has 0 amide bonds. The van der Waals surface area contributed by atoms with Gasteiger partial charge < -0.3 is 4.74 Å². The van der Waals surface area contributed by atoms with Gasteiger partial charge in [-0.3, -0.25) is 5.43 Å². The Kier molecular flexibility index (Phi) is 6.62. The first kappa shape index (κ1) is 19.6. The van der Waals surface area contributed by atoms with Crippen LogP contribution in [0.1, 0.15) is 16.7 Å². The van der Waals surface area contributed by atoms with E-state index >= 15 is 0 Å². The molecular weight excluding hydrogens is 403 g/mol. The fourth-order valence-electron chi connectivity index (χ4n) is 2.32. The third-order valence-electron chi connectivity index (χ3n) is 3.90. The Bertz CT molecular complexity index is 936. The quantitative estimate of drug-likeness (QED) is 0.345. The van der Waals surface area contributed by atoms with E-state index in [1.807, 2.05) is 49.4 Å². The van der Waals surface area contributed by atoms with Gasteiger partial charge in [-0.2, -0.15) is 5.10 Å². The molecule has 0 aliphatic carbocycles. The average molecular weight is 420 g/mol. The molecule has 0 heterocycles. The van der Waals surface area contributed by atoms with Gasteiger partial charge in [0.1, 0.15) is 12.4 Å². The lowest BCUT2D eigenvalue weighted by molar-refractivity contribution is 0.306. The Morgan fingerprint density at radius 1 is 0.926 bits per heavy atom. The van der Waals surface area contributed by atoms with E-state index < -0.39 is 0 Å². The van der Waals surface area contributed by atoms with Crippen molar-refractivity contribution < 1.29 is 4.74 Å². The number of hydrazone groups is 1. The number of benzene rings is 3. The minimum atomic E-state index is 0.307. The topological polar surface area (TPSA) is 33.6 Å². The molecule has 0 aliphatic rings. The molecule has 0 saturated carbocycles. The summed E-state index contributed by atoms with van der Waals surface area (Å²) in [5.41, 5.74) is 6.52. The Hall–Kier alpha value is -2.20. The summed E-state index contributed by atoms with van der Waals surface area (Å²) in [5.74, 6) is 0.724. The van der Waals surface area contributed by atoms with Crippen LogP contribution in [0.25, 0.3) is 0 Å². The van der Waals surface area contributed by atoms with Crippen molar-refractivity contribution in [1.29, 1.82) is 0 Å². The fraction of sp³-hybridized carbons (Fsp3) is 0.0952. The zero-order valence-electron chi connectivity index (χ0n) is 14.5. The summed E-state index contributed by atoms with van der Waals surface area (Å²) in [6.07, 6.45) is 1.72. The van der Waals surface area contributed by atoms with Crippen LogP contribution in [0, 0.1) is 6.92 Å². The Morgan fingerprint density at radius 2 is 1.63 bits per heavy atom. The van der Waals surface area contributed by atoms with E-state index in [9.17, 15) is 0 Å². The van der Waals surface area contributed by atoms with Gasteiger partial charge in [0.2, 0.25) is 0 Å². The van der Waals surface area contributed by atoms with E-state index in [1.54, 1.807) is 24.4 Å². The summed E-state index contributed by atoms with van der Waals surface area (Å²) >= 11 is 18.4. The lowest BCUT2D eigenvalue weighted by Gasteiger charge is -2.09. The van der Waals surface area contributed by atoms with Crippen LogP contribution in [-0.2, 0) is 6.61 Å². The number of halogens is 3. The van der Waals surface area contributed by atoms with Crippen LogP contribution in [0.3, 0.4) is 0 Å². The predicted molar refractivity (Wildman–Crippen MR) is 115 cm³/mol. The van der Waals surface area contributed by atoms with Gasteiger partial charge >= 0.3 is 0 Å². The van der Waals surface area contributed by atoms with Gasteiger partial charge in [0.25, 0.3) is 0 Å². The van der Waals surface area contributed by atoms with Crippen molar-refractivity contribution in [1.82, 2.24) is 0 Å². The second-order valence-electron chi connectivity index (χ2n) is 5.89. The number of rotatable bonds is 6. The van der Waals surface area contributed by atoms with E-state index in [0.717, 1.165) is 28.1 Å². The third kappa shape index (κ3) is 5.39. The van der Waals surface area contributed by atoms with Gasteiger partial charge in [0, 0.05) is 20.6 Å². The molecular formula is C21H17Cl3N2O. The highest BCUT2D eigenvalue weighted by Crippen LogP contribution is 2.26. The van der Waals surface area contributed by atoms with Crippen LogP contribution < -0.4 is 10.2 Å². The van der Waals surface area contributed by atoms with E-state index in [0.29, 0.717) is 21.7 Å². The van der Waals surface area contributed by atoms with Gasteiger partial charge in [-0.15, -0.1) is 0 Å². The number of ether oxygens (including phenoxy) is 1. The van der Waals surface area contributed by atoms with E-state index in [2.05, 4.69) is 10.5 Å². The molecule has 3 aromatic rings. The van der Waals surface area contributed by atoms with E-state index in [-0.39, 0.29) is 0 Å². The van der Waals surface area contributed by atoms with Gasteiger partial charge in [-0.25, -0.2) is 0 Å². The summed E-state index contributed by atoms with van der Waals surface area (Å²) in [4.78, 5) is 0. The van der Waals surface area contributed by atoms with Crippen LogP contribution in [0.5, 0.6) is 5.75 Å². The first-order valence-corrected chi connectivity index (χ1v) is 9.37.